The molecule has 5 heteroatoms. The Hall–Kier alpha value is -0.910. The molecule has 102 valence electrons. The average molecular weight is 252 g/mol. The van der Waals surface area contributed by atoms with Crippen molar-refractivity contribution in [2.24, 2.45) is 0 Å². The van der Waals surface area contributed by atoms with Crippen molar-refractivity contribution in [1.29, 1.82) is 0 Å². The number of hydrogen-bond donors (Lipinski definition) is 1. The van der Waals surface area contributed by atoms with Crippen LogP contribution in [0.2, 0.25) is 0 Å². The summed E-state index contributed by atoms with van der Waals surface area (Å²) in [6.07, 6.45) is 4.05. The summed E-state index contributed by atoms with van der Waals surface area (Å²) >= 11 is 0. The van der Waals surface area contributed by atoms with Crippen molar-refractivity contribution < 1.29 is 4.74 Å². The Balaban J connectivity index is 1.68. The van der Waals surface area contributed by atoms with Crippen LogP contribution >= 0.6 is 0 Å². The van der Waals surface area contributed by atoms with Crippen molar-refractivity contribution in [2.45, 2.75) is 33.0 Å². The molecule has 1 aromatic rings. The Morgan fingerprint density at radius 2 is 2.22 bits per heavy atom. The largest absolute Gasteiger partial charge is 0.379 e. The number of hydrogen-bond acceptors (Lipinski definition) is 4. The number of aromatic nitrogens is 2. The van der Waals surface area contributed by atoms with Crippen LogP contribution in [0.4, 0.5) is 0 Å². The van der Waals surface area contributed by atoms with Crippen molar-refractivity contribution in [3.8, 4) is 0 Å². The first kappa shape index (κ1) is 13.5. The van der Waals surface area contributed by atoms with E-state index in [0.717, 1.165) is 45.9 Å². The first-order chi connectivity index (χ1) is 8.78. The van der Waals surface area contributed by atoms with E-state index in [1.807, 2.05) is 10.9 Å². The number of rotatable bonds is 6. The van der Waals surface area contributed by atoms with Gasteiger partial charge in [-0.1, -0.05) is 0 Å². The van der Waals surface area contributed by atoms with Crippen LogP contribution in [-0.2, 0) is 17.8 Å². The van der Waals surface area contributed by atoms with Crippen LogP contribution in [0.25, 0.3) is 0 Å². The highest BCUT2D eigenvalue weighted by Crippen LogP contribution is 2.01. The van der Waals surface area contributed by atoms with Gasteiger partial charge in [-0.25, -0.2) is 0 Å². The maximum absolute atomic E-state index is 5.35. The van der Waals surface area contributed by atoms with Gasteiger partial charge < -0.3 is 10.1 Å². The minimum atomic E-state index is 0.494. The second kappa shape index (κ2) is 6.87. The quantitative estimate of drug-likeness (QED) is 0.810. The molecule has 1 aromatic heterocycles. The normalized spacial score (nSPS) is 19.0. The molecule has 1 N–H and O–H groups in total. The number of nitrogens with zero attached hydrogens (tertiary/aromatic N) is 3. The Labute approximate surface area is 109 Å². The number of nitrogens with one attached hydrogen (secondary N) is 1. The highest BCUT2D eigenvalue weighted by Gasteiger charge is 2.13. The lowest BCUT2D eigenvalue weighted by Crippen LogP contribution is -2.44. The molecule has 0 bridgehead atoms. The highest BCUT2D eigenvalue weighted by atomic mass is 16.5. The minimum absolute atomic E-state index is 0.494. The molecule has 1 aliphatic rings. The van der Waals surface area contributed by atoms with E-state index in [-0.39, 0.29) is 0 Å². The Morgan fingerprint density at radius 1 is 1.44 bits per heavy atom. The van der Waals surface area contributed by atoms with Crippen molar-refractivity contribution in [1.82, 2.24) is 20.0 Å². The summed E-state index contributed by atoms with van der Waals surface area (Å²) in [5.74, 6) is 0. The molecule has 0 radical (unpaired) electrons. The van der Waals surface area contributed by atoms with Crippen LogP contribution in [0.3, 0.4) is 0 Å². The predicted molar refractivity (Wildman–Crippen MR) is 71.5 cm³/mol. The first-order valence-electron chi connectivity index (χ1n) is 6.82. The fourth-order valence-electron chi connectivity index (χ4n) is 2.20. The summed E-state index contributed by atoms with van der Waals surface area (Å²) in [5, 5.41) is 7.83. The predicted octanol–water partition coefficient (Wildman–Crippen LogP) is 0.713. The summed E-state index contributed by atoms with van der Waals surface area (Å²) in [5.41, 5.74) is 1.26. The van der Waals surface area contributed by atoms with Crippen LogP contribution in [-0.4, -0.2) is 53.6 Å². The fraction of sp³-hybridized carbons (Fsp3) is 0.769. The Morgan fingerprint density at radius 3 is 2.89 bits per heavy atom. The van der Waals surface area contributed by atoms with Gasteiger partial charge in [-0.3, -0.25) is 9.58 Å². The molecule has 1 atom stereocenters. The summed E-state index contributed by atoms with van der Waals surface area (Å²) in [7, 11) is 0. The zero-order chi connectivity index (χ0) is 12.8. The standard InChI is InChI=1S/C13H24N4O/c1-3-17-11-13(9-15-17)8-14-12(2)10-16-4-6-18-7-5-16/h9,11-12,14H,3-8,10H2,1-2H3/t12-/m1/s1. The zero-order valence-corrected chi connectivity index (χ0v) is 11.4. The van der Waals surface area contributed by atoms with Crippen molar-refractivity contribution >= 4 is 0 Å². The molecule has 0 spiro atoms. The first-order valence-corrected chi connectivity index (χ1v) is 6.82. The molecule has 2 heterocycles. The maximum atomic E-state index is 5.35. The number of aryl methyl sites for hydroxylation is 1. The molecular weight excluding hydrogens is 228 g/mol. The van der Waals surface area contributed by atoms with Gasteiger partial charge >= 0.3 is 0 Å². The summed E-state index contributed by atoms with van der Waals surface area (Å²) < 4.78 is 7.31. The van der Waals surface area contributed by atoms with Crippen LogP contribution in [0, 0.1) is 0 Å². The van der Waals surface area contributed by atoms with E-state index in [1.54, 1.807) is 0 Å². The van der Waals surface area contributed by atoms with E-state index in [2.05, 4.69) is 35.4 Å². The number of morpholine rings is 1. The molecule has 1 fully saturated rings. The highest BCUT2D eigenvalue weighted by molar-refractivity contribution is 5.03. The summed E-state index contributed by atoms with van der Waals surface area (Å²) in [6, 6.07) is 0.494. The van der Waals surface area contributed by atoms with Gasteiger partial charge in [0.1, 0.15) is 0 Å². The lowest BCUT2D eigenvalue weighted by atomic mass is 10.2. The maximum Gasteiger partial charge on any atom is 0.0594 e. The third kappa shape index (κ3) is 4.08. The van der Waals surface area contributed by atoms with Gasteiger partial charge in [0.25, 0.3) is 0 Å². The molecule has 18 heavy (non-hydrogen) atoms. The molecule has 2 rings (SSSR count). The van der Waals surface area contributed by atoms with E-state index in [4.69, 9.17) is 4.74 Å². The monoisotopic (exact) mass is 252 g/mol. The number of ether oxygens (including phenoxy) is 1. The molecule has 1 aliphatic heterocycles. The smallest absolute Gasteiger partial charge is 0.0594 e. The molecule has 0 unspecified atom stereocenters. The second-order valence-corrected chi connectivity index (χ2v) is 4.90. The van der Waals surface area contributed by atoms with Gasteiger partial charge in [-0.05, 0) is 13.8 Å². The van der Waals surface area contributed by atoms with Crippen molar-refractivity contribution in [3.05, 3.63) is 18.0 Å². The Bertz CT molecular complexity index is 347. The topological polar surface area (TPSA) is 42.3 Å². The van der Waals surface area contributed by atoms with Crippen LogP contribution < -0.4 is 5.32 Å². The average Bonchev–Trinajstić information content (AvgIpc) is 2.85. The molecule has 0 aromatic carbocycles. The van der Waals surface area contributed by atoms with Gasteiger partial charge in [0.05, 0.1) is 19.4 Å². The van der Waals surface area contributed by atoms with Gasteiger partial charge in [-0.15, -0.1) is 0 Å². The van der Waals surface area contributed by atoms with Gasteiger partial charge in [0.2, 0.25) is 0 Å². The van der Waals surface area contributed by atoms with E-state index in [0.29, 0.717) is 6.04 Å². The lowest BCUT2D eigenvalue weighted by Gasteiger charge is -2.29. The van der Waals surface area contributed by atoms with Crippen LogP contribution in [0.15, 0.2) is 12.4 Å². The molecule has 5 nitrogen and oxygen atoms in total. The van der Waals surface area contributed by atoms with Gasteiger partial charge in [0.15, 0.2) is 0 Å². The molecule has 0 amide bonds. The van der Waals surface area contributed by atoms with E-state index >= 15 is 0 Å². The Kier molecular flexibility index (Phi) is 5.16. The van der Waals surface area contributed by atoms with E-state index < -0.39 is 0 Å². The zero-order valence-electron chi connectivity index (χ0n) is 11.4. The molecule has 1 saturated heterocycles. The van der Waals surface area contributed by atoms with Crippen molar-refractivity contribution in [3.63, 3.8) is 0 Å². The molecule has 0 aliphatic carbocycles. The van der Waals surface area contributed by atoms with E-state index in [1.165, 1.54) is 5.56 Å². The molecular formula is C13H24N4O. The van der Waals surface area contributed by atoms with E-state index in [9.17, 15) is 0 Å². The van der Waals surface area contributed by atoms with Crippen molar-refractivity contribution in [2.75, 3.05) is 32.8 Å². The minimum Gasteiger partial charge on any atom is -0.379 e. The lowest BCUT2D eigenvalue weighted by molar-refractivity contribution is 0.0343. The summed E-state index contributed by atoms with van der Waals surface area (Å²) in [6.45, 7) is 11.1. The van der Waals surface area contributed by atoms with Crippen LogP contribution in [0.1, 0.15) is 19.4 Å². The van der Waals surface area contributed by atoms with Gasteiger partial charge in [0, 0.05) is 50.5 Å². The fourth-order valence-corrected chi connectivity index (χ4v) is 2.20. The van der Waals surface area contributed by atoms with Gasteiger partial charge in [-0.2, -0.15) is 5.10 Å². The SMILES string of the molecule is CCn1cc(CN[C@H](C)CN2CCOCC2)cn1. The third-order valence-electron chi connectivity index (χ3n) is 3.30. The molecule has 0 saturated carbocycles. The summed E-state index contributed by atoms with van der Waals surface area (Å²) in [4.78, 5) is 2.45. The second-order valence-electron chi connectivity index (χ2n) is 4.90. The van der Waals surface area contributed by atoms with Crippen LogP contribution in [0.5, 0.6) is 0 Å². The third-order valence-corrected chi connectivity index (χ3v) is 3.30.